The van der Waals surface area contributed by atoms with Crippen molar-refractivity contribution in [1.29, 1.82) is 0 Å². The highest BCUT2D eigenvalue weighted by Crippen LogP contribution is 2.29. The van der Waals surface area contributed by atoms with Gasteiger partial charge in [-0.05, 0) is 50.6 Å². The molecule has 24 heavy (non-hydrogen) atoms. The van der Waals surface area contributed by atoms with Crippen molar-refractivity contribution >= 4 is 10.9 Å². The Labute approximate surface area is 146 Å². The molecule has 1 unspecified atom stereocenters. The fourth-order valence-corrected chi connectivity index (χ4v) is 3.83. The Kier molecular flexibility index (Phi) is 5.16. The van der Waals surface area contributed by atoms with Gasteiger partial charge in [0, 0.05) is 55.9 Å². The lowest BCUT2D eigenvalue weighted by Gasteiger charge is -2.34. The van der Waals surface area contributed by atoms with E-state index in [1.165, 1.54) is 54.9 Å². The number of fused-ring (bicyclic) bond motifs is 1. The second-order valence-corrected chi connectivity index (χ2v) is 7.41. The monoisotopic (exact) mass is 329 g/mol. The lowest BCUT2D eigenvalue weighted by molar-refractivity contribution is 0.135. The second-order valence-electron chi connectivity index (χ2n) is 7.41. The van der Waals surface area contributed by atoms with Crippen LogP contribution in [0.5, 0.6) is 5.75 Å². The van der Waals surface area contributed by atoms with Crippen LogP contribution in [0.2, 0.25) is 0 Å². The molecule has 0 spiro atoms. The van der Waals surface area contributed by atoms with Crippen LogP contribution in [-0.2, 0) is 6.54 Å². The summed E-state index contributed by atoms with van der Waals surface area (Å²) in [6.45, 7) is 13.9. The molecule has 1 atom stereocenters. The minimum Gasteiger partial charge on any atom is -0.497 e. The molecule has 0 saturated carbocycles. The molecule has 2 heterocycles. The van der Waals surface area contributed by atoms with Crippen molar-refractivity contribution in [2.45, 2.75) is 27.3 Å². The average molecular weight is 329 g/mol. The molecule has 4 nitrogen and oxygen atoms in total. The lowest BCUT2D eigenvalue weighted by atomic mass is 10.1. The number of aryl methyl sites for hydroxylation is 1. The number of benzene rings is 1. The molecule has 0 aliphatic carbocycles. The second kappa shape index (κ2) is 7.16. The van der Waals surface area contributed by atoms with Crippen molar-refractivity contribution in [3.8, 4) is 5.75 Å². The molecule has 1 aliphatic heterocycles. The van der Waals surface area contributed by atoms with Gasteiger partial charge in [0.2, 0.25) is 0 Å². The minimum absolute atomic E-state index is 0.643. The van der Waals surface area contributed by atoms with Crippen molar-refractivity contribution in [3.63, 3.8) is 0 Å². The smallest absolute Gasteiger partial charge is 0.119 e. The third kappa shape index (κ3) is 3.45. The van der Waals surface area contributed by atoms with Crippen molar-refractivity contribution in [2.75, 3.05) is 46.9 Å². The molecule has 1 aliphatic rings. The van der Waals surface area contributed by atoms with Crippen molar-refractivity contribution in [1.82, 2.24) is 14.4 Å². The van der Waals surface area contributed by atoms with Crippen molar-refractivity contribution in [2.24, 2.45) is 5.92 Å². The highest BCUT2D eigenvalue weighted by Gasteiger charge is 2.18. The van der Waals surface area contributed by atoms with E-state index in [1.807, 2.05) is 0 Å². The third-order valence-electron chi connectivity index (χ3n) is 5.51. The maximum atomic E-state index is 5.40. The minimum atomic E-state index is 0.643. The van der Waals surface area contributed by atoms with Crippen LogP contribution in [0, 0.1) is 19.8 Å². The molecule has 0 amide bonds. The van der Waals surface area contributed by atoms with E-state index in [2.05, 4.69) is 60.4 Å². The van der Waals surface area contributed by atoms with Gasteiger partial charge in [-0.1, -0.05) is 6.92 Å². The van der Waals surface area contributed by atoms with Crippen LogP contribution in [0.25, 0.3) is 10.9 Å². The summed E-state index contributed by atoms with van der Waals surface area (Å²) in [5.41, 5.74) is 4.08. The number of hydrogen-bond donors (Lipinski definition) is 0. The van der Waals surface area contributed by atoms with Crippen LogP contribution in [0.3, 0.4) is 0 Å². The van der Waals surface area contributed by atoms with Gasteiger partial charge in [-0.15, -0.1) is 0 Å². The molecule has 4 heteroatoms. The first-order valence-corrected chi connectivity index (χ1v) is 9.04. The third-order valence-corrected chi connectivity index (χ3v) is 5.51. The van der Waals surface area contributed by atoms with E-state index in [0.717, 1.165) is 12.3 Å². The van der Waals surface area contributed by atoms with E-state index < -0.39 is 0 Å². The summed E-state index contributed by atoms with van der Waals surface area (Å²) in [5, 5.41) is 1.32. The van der Waals surface area contributed by atoms with Gasteiger partial charge in [-0.2, -0.15) is 0 Å². The van der Waals surface area contributed by atoms with E-state index in [4.69, 9.17) is 4.74 Å². The standard InChI is InChI=1S/C20H31N3O/c1-15(13-22-10-8-21(4)9-11-22)14-23-17(3)16(2)19-12-18(24-5)6-7-20(19)23/h6-7,12,15H,8-11,13-14H2,1-5H3. The van der Waals surface area contributed by atoms with Crippen molar-refractivity contribution in [3.05, 3.63) is 29.5 Å². The van der Waals surface area contributed by atoms with Gasteiger partial charge in [0.15, 0.2) is 0 Å². The van der Waals surface area contributed by atoms with Crippen LogP contribution >= 0.6 is 0 Å². The first kappa shape index (κ1) is 17.3. The van der Waals surface area contributed by atoms with Crippen molar-refractivity contribution < 1.29 is 4.74 Å². The molecular weight excluding hydrogens is 298 g/mol. The lowest BCUT2D eigenvalue weighted by Crippen LogP contribution is -2.46. The number of rotatable bonds is 5. The summed E-state index contributed by atoms with van der Waals surface area (Å²) in [5.74, 6) is 1.58. The summed E-state index contributed by atoms with van der Waals surface area (Å²) in [6, 6.07) is 6.44. The molecule has 1 saturated heterocycles. The SMILES string of the molecule is COc1ccc2c(c1)c(C)c(C)n2CC(C)CN1CCN(C)CC1. The van der Waals surface area contributed by atoms with Crippen LogP contribution < -0.4 is 4.74 Å². The van der Waals surface area contributed by atoms with Crippen LogP contribution in [-0.4, -0.2) is 61.2 Å². The zero-order chi connectivity index (χ0) is 17.3. The molecule has 0 radical (unpaired) electrons. The molecule has 0 bridgehead atoms. The first-order chi connectivity index (χ1) is 11.5. The predicted molar refractivity (Wildman–Crippen MR) is 101 cm³/mol. The van der Waals surface area contributed by atoms with Crippen LogP contribution in [0.4, 0.5) is 0 Å². The van der Waals surface area contributed by atoms with E-state index >= 15 is 0 Å². The van der Waals surface area contributed by atoms with E-state index in [-0.39, 0.29) is 0 Å². The van der Waals surface area contributed by atoms with Gasteiger partial charge in [0.25, 0.3) is 0 Å². The zero-order valence-electron chi connectivity index (χ0n) is 15.8. The average Bonchev–Trinajstić information content (AvgIpc) is 2.81. The van der Waals surface area contributed by atoms with E-state index in [0.29, 0.717) is 5.92 Å². The Hall–Kier alpha value is -1.52. The maximum Gasteiger partial charge on any atom is 0.119 e. The molecule has 2 aromatic rings. The summed E-state index contributed by atoms with van der Waals surface area (Å²) in [6.07, 6.45) is 0. The normalized spacial score (nSPS) is 18.2. The fraction of sp³-hybridized carbons (Fsp3) is 0.600. The Morgan fingerprint density at radius 3 is 2.46 bits per heavy atom. The Balaban J connectivity index is 1.75. The molecule has 1 fully saturated rings. The number of nitrogens with zero attached hydrogens (tertiary/aromatic N) is 3. The molecule has 0 N–H and O–H groups in total. The van der Waals surface area contributed by atoms with E-state index in [1.54, 1.807) is 7.11 Å². The largest absolute Gasteiger partial charge is 0.497 e. The van der Waals surface area contributed by atoms with Crippen LogP contribution in [0.15, 0.2) is 18.2 Å². The Bertz CT molecular complexity index is 698. The summed E-state index contributed by atoms with van der Waals surface area (Å²) in [7, 11) is 3.95. The fourth-order valence-electron chi connectivity index (χ4n) is 3.83. The molecule has 3 rings (SSSR count). The highest BCUT2D eigenvalue weighted by atomic mass is 16.5. The van der Waals surface area contributed by atoms with E-state index in [9.17, 15) is 0 Å². The quantitative estimate of drug-likeness (QED) is 0.841. The Morgan fingerprint density at radius 1 is 1.08 bits per heavy atom. The number of aromatic nitrogens is 1. The Morgan fingerprint density at radius 2 is 1.79 bits per heavy atom. The molecule has 132 valence electrons. The molecule has 1 aromatic heterocycles. The number of piperazine rings is 1. The number of hydrogen-bond acceptors (Lipinski definition) is 3. The summed E-state index contributed by atoms with van der Waals surface area (Å²) in [4.78, 5) is 5.03. The topological polar surface area (TPSA) is 20.6 Å². The number of likely N-dealkylation sites (N-methyl/N-ethyl adjacent to an activating group) is 1. The molecular formula is C20H31N3O. The van der Waals surface area contributed by atoms with Gasteiger partial charge < -0.3 is 19.1 Å². The van der Waals surface area contributed by atoms with Gasteiger partial charge >= 0.3 is 0 Å². The highest BCUT2D eigenvalue weighted by molar-refractivity contribution is 5.86. The van der Waals surface area contributed by atoms with Gasteiger partial charge in [-0.3, -0.25) is 0 Å². The number of ether oxygens (including phenoxy) is 1. The summed E-state index contributed by atoms with van der Waals surface area (Å²) >= 11 is 0. The van der Waals surface area contributed by atoms with Crippen LogP contribution in [0.1, 0.15) is 18.2 Å². The number of methoxy groups -OCH3 is 1. The summed E-state index contributed by atoms with van der Waals surface area (Å²) < 4.78 is 7.89. The first-order valence-electron chi connectivity index (χ1n) is 9.04. The predicted octanol–water partition coefficient (Wildman–Crippen LogP) is 3.15. The molecule has 1 aromatic carbocycles. The maximum absolute atomic E-state index is 5.40. The van der Waals surface area contributed by atoms with Gasteiger partial charge in [0.05, 0.1) is 7.11 Å². The zero-order valence-corrected chi connectivity index (χ0v) is 15.8. The van der Waals surface area contributed by atoms with Gasteiger partial charge in [-0.25, -0.2) is 0 Å². The van der Waals surface area contributed by atoms with Gasteiger partial charge in [0.1, 0.15) is 5.75 Å².